The van der Waals surface area contributed by atoms with E-state index in [2.05, 4.69) is 4.74 Å². The fourth-order valence-corrected chi connectivity index (χ4v) is 3.09. The number of methoxy groups -OCH3 is 2. The first-order chi connectivity index (χ1) is 12.6. The van der Waals surface area contributed by atoms with Crippen molar-refractivity contribution < 1.29 is 44.6 Å². The molecular weight excluding hydrogens is 360 g/mol. The molecule has 0 bridgehead atoms. The monoisotopic (exact) mass is 382 g/mol. The summed E-state index contributed by atoms with van der Waals surface area (Å²) in [4.78, 5) is 24.3. The lowest BCUT2D eigenvalue weighted by Crippen LogP contribution is -2.65. The number of hydrogen-bond donors (Lipinski definition) is 5. The Hall–Kier alpha value is -2.46. The molecule has 0 aliphatic heterocycles. The topological polar surface area (TPSA) is 154 Å². The third-order valence-corrected chi connectivity index (χ3v) is 4.59. The molecule has 0 heterocycles. The Balaban J connectivity index is 2.30. The number of phenols is 1. The molecule has 9 nitrogen and oxygen atoms in total. The lowest BCUT2D eigenvalue weighted by Gasteiger charge is -2.44. The molecule has 1 aliphatic rings. The summed E-state index contributed by atoms with van der Waals surface area (Å²) in [7, 11) is 2.36. The number of carbonyl (C=O) groups is 2. The van der Waals surface area contributed by atoms with E-state index in [0.717, 1.165) is 13.2 Å². The molecule has 0 saturated heterocycles. The fraction of sp³-hybridized carbons (Fsp3) is 0.444. The van der Waals surface area contributed by atoms with Crippen LogP contribution in [0.2, 0.25) is 0 Å². The summed E-state index contributed by atoms with van der Waals surface area (Å²) < 4.78 is 9.41. The number of hydrogen-bond acceptors (Lipinski definition) is 9. The molecule has 148 valence electrons. The molecule has 9 heteroatoms. The van der Waals surface area contributed by atoms with Crippen molar-refractivity contribution in [2.45, 2.75) is 36.3 Å². The second-order valence-corrected chi connectivity index (χ2v) is 6.47. The lowest BCUT2D eigenvalue weighted by molar-refractivity contribution is -0.213. The largest absolute Gasteiger partial charge is 0.504 e. The highest BCUT2D eigenvalue weighted by molar-refractivity contribution is 6.01. The van der Waals surface area contributed by atoms with Crippen molar-refractivity contribution in [2.24, 2.45) is 0 Å². The third kappa shape index (κ3) is 3.96. The first-order valence-electron chi connectivity index (χ1n) is 8.06. The lowest BCUT2D eigenvalue weighted by atomic mass is 9.69. The van der Waals surface area contributed by atoms with Crippen molar-refractivity contribution in [3.8, 4) is 11.5 Å². The van der Waals surface area contributed by atoms with E-state index in [9.17, 15) is 35.1 Å². The summed E-state index contributed by atoms with van der Waals surface area (Å²) in [5.74, 6) is -2.10. The average Bonchev–Trinajstić information content (AvgIpc) is 2.64. The molecule has 0 spiro atoms. The highest BCUT2D eigenvalue weighted by Gasteiger charge is 2.59. The van der Waals surface area contributed by atoms with Gasteiger partial charge in [0.2, 0.25) is 0 Å². The van der Waals surface area contributed by atoms with Gasteiger partial charge in [0.25, 0.3) is 0 Å². The van der Waals surface area contributed by atoms with Gasteiger partial charge in [-0.1, -0.05) is 12.1 Å². The van der Waals surface area contributed by atoms with E-state index in [1.165, 1.54) is 31.4 Å². The minimum atomic E-state index is -2.60. The summed E-state index contributed by atoms with van der Waals surface area (Å²) in [5.41, 5.74) is -4.48. The van der Waals surface area contributed by atoms with E-state index < -0.39 is 48.0 Å². The molecule has 0 aromatic heterocycles. The average molecular weight is 382 g/mol. The van der Waals surface area contributed by atoms with Crippen LogP contribution in [0.15, 0.2) is 24.3 Å². The maximum atomic E-state index is 12.5. The van der Waals surface area contributed by atoms with Crippen LogP contribution in [0.4, 0.5) is 0 Å². The van der Waals surface area contributed by atoms with Gasteiger partial charge in [-0.2, -0.15) is 0 Å². The van der Waals surface area contributed by atoms with Crippen molar-refractivity contribution >= 4 is 17.8 Å². The summed E-state index contributed by atoms with van der Waals surface area (Å²) in [6, 6.07) is 4.25. The summed E-state index contributed by atoms with van der Waals surface area (Å²) >= 11 is 0. The van der Waals surface area contributed by atoms with Gasteiger partial charge >= 0.3 is 5.97 Å². The number of phenolic OH excluding ortho intramolecular Hbond substituents is 1. The Morgan fingerprint density at radius 2 is 1.89 bits per heavy atom. The van der Waals surface area contributed by atoms with Gasteiger partial charge in [0.15, 0.2) is 28.5 Å². The van der Waals surface area contributed by atoms with Crippen LogP contribution in [0.25, 0.3) is 6.08 Å². The zero-order valence-electron chi connectivity index (χ0n) is 14.8. The van der Waals surface area contributed by atoms with Gasteiger partial charge in [0.05, 0.1) is 20.3 Å². The fourth-order valence-electron chi connectivity index (χ4n) is 3.09. The van der Waals surface area contributed by atoms with Crippen LogP contribution in [0, 0.1) is 0 Å². The number of aliphatic hydroxyl groups excluding tert-OH is 2. The quantitative estimate of drug-likeness (QED) is 0.323. The number of ether oxygens (including phenoxy) is 2. The molecule has 2 unspecified atom stereocenters. The van der Waals surface area contributed by atoms with E-state index in [-0.39, 0.29) is 11.5 Å². The van der Waals surface area contributed by atoms with Gasteiger partial charge in [0.1, 0.15) is 6.10 Å². The SMILES string of the molecule is COC(=O)C1(O)C[C@@H](O)C(O)[C@@](O)(C(=O)/C=C/c2ccc(O)c(OC)c2)C1. The zero-order valence-corrected chi connectivity index (χ0v) is 14.8. The summed E-state index contributed by atoms with van der Waals surface area (Å²) in [5, 5.41) is 50.6. The molecule has 27 heavy (non-hydrogen) atoms. The van der Waals surface area contributed by atoms with Gasteiger partial charge in [-0.3, -0.25) is 4.79 Å². The first-order valence-corrected chi connectivity index (χ1v) is 8.06. The Labute approximate surface area is 155 Å². The molecule has 1 aromatic rings. The number of esters is 1. The Morgan fingerprint density at radius 3 is 2.48 bits per heavy atom. The van der Waals surface area contributed by atoms with Crippen LogP contribution in [0.1, 0.15) is 18.4 Å². The molecule has 4 atom stereocenters. The number of carbonyl (C=O) groups excluding carboxylic acids is 2. The van der Waals surface area contributed by atoms with Crippen LogP contribution in [0.3, 0.4) is 0 Å². The minimum Gasteiger partial charge on any atom is -0.504 e. The minimum absolute atomic E-state index is 0.103. The Bertz CT molecular complexity index is 759. The Kier molecular flexibility index (Phi) is 5.91. The number of aromatic hydroxyl groups is 1. The third-order valence-electron chi connectivity index (χ3n) is 4.59. The van der Waals surface area contributed by atoms with E-state index in [0.29, 0.717) is 5.56 Å². The number of benzene rings is 1. The number of ketones is 1. The highest BCUT2D eigenvalue weighted by Crippen LogP contribution is 2.38. The predicted molar refractivity (Wildman–Crippen MR) is 91.9 cm³/mol. The van der Waals surface area contributed by atoms with Gasteiger partial charge < -0.3 is 35.0 Å². The van der Waals surface area contributed by atoms with E-state index in [1.54, 1.807) is 0 Å². The summed E-state index contributed by atoms with van der Waals surface area (Å²) in [6.07, 6.45) is -2.84. The van der Waals surface area contributed by atoms with Crippen molar-refractivity contribution in [1.82, 2.24) is 0 Å². The maximum Gasteiger partial charge on any atom is 0.338 e. The predicted octanol–water partition coefficient (Wildman–Crippen LogP) is -0.866. The Morgan fingerprint density at radius 1 is 1.22 bits per heavy atom. The van der Waals surface area contributed by atoms with Crippen LogP contribution >= 0.6 is 0 Å². The molecular formula is C18H22O9. The van der Waals surface area contributed by atoms with Crippen molar-refractivity contribution in [1.29, 1.82) is 0 Å². The van der Waals surface area contributed by atoms with Crippen molar-refractivity contribution in [3.63, 3.8) is 0 Å². The highest BCUT2D eigenvalue weighted by atomic mass is 16.5. The standard InChI is InChI=1S/C18H22O9/c1-26-13-7-10(3-5-11(13)19)4-6-14(21)18(25)9-17(24,16(23)27-2)8-12(20)15(18)22/h3-7,12,15,19-20,22,24-25H,8-9H2,1-2H3/b6-4+/t12-,15?,17?,18+/m1/s1. The molecule has 1 fully saturated rings. The molecule has 1 aromatic carbocycles. The van der Waals surface area contributed by atoms with Gasteiger partial charge in [-0.15, -0.1) is 0 Å². The van der Waals surface area contributed by atoms with E-state index in [4.69, 9.17) is 4.74 Å². The first kappa shape index (κ1) is 20.8. The zero-order chi connectivity index (χ0) is 20.4. The molecule has 5 N–H and O–H groups in total. The second kappa shape index (κ2) is 7.65. The normalized spacial score (nSPS) is 30.9. The van der Waals surface area contributed by atoms with Crippen molar-refractivity contribution in [3.05, 3.63) is 29.8 Å². The molecule has 1 aliphatic carbocycles. The van der Waals surface area contributed by atoms with E-state index >= 15 is 0 Å². The van der Waals surface area contributed by atoms with Crippen LogP contribution in [0.5, 0.6) is 11.5 Å². The number of rotatable bonds is 5. The molecule has 0 radical (unpaired) electrons. The van der Waals surface area contributed by atoms with Crippen LogP contribution < -0.4 is 4.74 Å². The molecule has 1 saturated carbocycles. The van der Waals surface area contributed by atoms with Crippen molar-refractivity contribution in [2.75, 3.05) is 14.2 Å². The summed E-state index contributed by atoms with van der Waals surface area (Å²) in [6.45, 7) is 0. The maximum absolute atomic E-state index is 12.5. The van der Waals surface area contributed by atoms with Crippen LogP contribution in [-0.4, -0.2) is 74.9 Å². The van der Waals surface area contributed by atoms with Gasteiger partial charge in [-0.25, -0.2) is 4.79 Å². The van der Waals surface area contributed by atoms with E-state index in [1.807, 2.05) is 0 Å². The van der Waals surface area contributed by atoms with Gasteiger partial charge in [-0.05, 0) is 23.8 Å². The van der Waals surface area contributed by atoms with Crippen LogP contribution in [-0.2, 0) is 14.3 Å². The smallest absolute Gasteiger partial charge is 0.338 e. The van der Waals surface area contributed by atoms with Gasteiger partial charge in [0, 0.05) is 12.8 Å². The number of aliphatic hydroxyl groups is 4. The molecule has 0 amide bonds. The second-order valence-electron chi connectivity index (χ2n) is 6.47. The molecule has 2 rings (SSSR count).